The number of hydrogen-bond donors (Lipinski definition) is 1. The van der Waals surface area contributed by atoms with Crippen molar-refractivity contribution < 1.29 is 4.79 Å². The Morgan fingerprint density at radius 1 is 1.07 bits per heavy atom. The number of hydrogen-bond acceptors (Lipinski definition) is 3. The van der Waals surface area contributed by atoms with E-state index in [1.165, 1.54) is 16.7 Å². The molecule has 0 unspecified atom stereocenters. The largest absolute Gasteiger partial charge is 0.354 e. The highest BCUT2D eigenvalue weighted by atomic mass is 16.2. The molecule has 138 valence electrons. The lowest BCUT2D eigenvalue weighted by atomic mass is 9.64. The van der Waals surface area contributed by atoms with Crippen LogP contribution in [0.2, 0.25) is 0 Å². The van der Waals surface area contributed by atoms with Gasteiger partial charge >= 0.3 is 0 Å². The molecule has 0 aliphatic heterocycles. The molecule has 1 aliphatic rings. The van der Waals surface area contributed by atoms with Gasteiger partial charge in [0.1, 0.15) is 6.54 Å². The second-order valence-electron chi connectivity index (χ2n) is 7.37. The number of rotatable bonds is 5. The predicted molar refractivity (Wildman–Crippen MR) is 106 cm³/mol. The zero-order valence-electron chi connectivity index (χ0n) is 15.4. The van der Waals surface area contributed by atoms with Gasteiger partial charge in [-0.2, -0.15) is 5.10 Å². The van der Waals surface area contributed by atoms with Gasteiger partial charge in [-0.1, -0.05) is 55.0 Å². The summed E-state index contributed by atoms with van der Waals surface area (Å²) in [6.07, 6.45) is 3.32. The Bertz CT molecular complexity index is 1040. The lowest BCUT2D eigenvalue weighted by Gasteiger charge is -2.42. The molecule has 1 heterocycles. The van der Waals surface area contributed by atoms with Crippen LogP contribution in [0.4, 0.5) is 0 Å². The van der Waals surface area contributed by atoms with E-state index in [4.69, 9.17) is 0 Å². The van der Waals surface area contributed by atoms with Gasteiger partial charge in [-0.15, -0.1) is 0 Å². The van der Waals surface area contributed by atoms with Crippen molar-refractivity contribution in [1.82, 2.24) is 15.1 Å². The van der Waals surface area contributed by atoms with Crippen molar-refractivity contribution >= 4 is 16.7 Å². The van der Waals surface area contributed by atoms with Crippen molar-refractivity contribution in [3.63, 3.8) is 0 Å². The van der Waals surface area contributed by atoms with E-state index >= 15 is 0 Å². The van der Waals surface area contributed by atoms with Gasteiger partial charge in [0, 0.05) is 17.3 Å². The molecular formula is C22H23N3O2. The monoisotopic (exact) mass is 361 g/mol. The summed E-state index contributed by atoms with van der Waals surface area (Å²) in [6, 6.07) is 17.7. The molecule has 1 amide bonds. The first-order valence-corrected chi connectivity index (χ1v) is 9.38. The highest BCUT2D eigenvalue weighted by Crippen LogP contribution is 2.43. The molecule has 1 aromatic heterocycles. The maximum absolute atomic E-state index is 12.6. The lowest BCUT2D eigenvalue weighted by molar-refractivity contribution is -0.122. The Kier molecular flexibility index (Phi) is 4.52. The van der Waals surface area contributed by atoms with E-state index in [1.807, 2.05) is 43.3 Å². The van der Waals surface area contributed by atoms with E-state index < -0.39 is 0 Å². The van der Waals surface area contributed by atoms with E-state index in [0.717, 1.165) is 23.9 Å². The topological polar surface area (TPSA) is 64.0 Å². The van der Waals surface area contributed by atoms with Crippen LogP contribution in [0.1, 0.15) is 30.5 Å². The fourth-order valence-corrected chi connectivity index (χ4v) is 3.93. The van der Waals surface area contributed by atoms with Gasteiger partial charge in [-0.05, 0) is 31.4 Å². The summed E-state index contributed by atoms with van der Waals surface area (Å²) in [7, 11) is 0. The minimum Gasteiger partial charge on any atom is -0.354 e. The number of amides is 1. The second-order valence-corrected chi connectivity index (χ2v) is 7.37. The summed E-state index contributed by atoms with van der Waals surface area (Å²) in [6.45, 7) is 2.39. The maximum atomic E-state index is 12.6. The second kappa shape index (κ2) is 6.99. The third-order valence-corrected chi connectivity index (χ3v) is 5.67. The van der Waals surface area contributed by atoms with Crippen molar-refractivity contribution in [1.29, 1.82) is 0 Å². The van der Waals surface area contributed by atoms with Crippen LogP contribution in [0.25, 0.3) is 10.8 Å². The molecule has 5 nitrogen and oxygen atoms in total. The summed E-state index contributed by atoms with van der Waals surface area (Å²) in [5.41, 5.74) is 1.81. The van der Waals surface area contributed by atoms with E-state index in [-0.39, 0.29) is 23.4 Å². The number of carbonyl (C=O) groups is 1. The molecule has 0 bridgehead atoms. The van der Waals surface area contributed by atoms with Gasteiger partial charge in [-0.25, -0.2) is 4.68 Å². The number of aryl methyl sites for hydroxylation is 1. The average Bonchev–Trinajstić information content (AvgIpc) is 2.66. The molecule has 4 rings (SSSR count). The minimum atomic E-state index is -0.229. The molecule has 5 heteroatoms. The standard InChI is InChI=1S/C22H23N3O2/c1-16-18-10-5-6-11-19(18)21(27)25(24-16)14-20(26)23-15-22(12-7-13-22)17-8-3-2-4-9-17/h2-6,8-11H,7,12-15H2,1H3,(H,23,26). The Morgan fingerprint density at radius 3 is 2.41 bits per heavy atom. The highest BCUT2D eigenvalue weighted by Gasteiger charge is 2.38. The van der Waals surface area contributed by atoms with Crippen molar-refractivity contribution in [3.05, 3.63) is 76.2 Å². The van der Waals surface area contributed by atoms with Crippen LogP contribution in [0, 0.1) is 6.92 Å². The quantitative estimate of drug-likeness (QED) is 0.760. The zero-order chi connectivity index (χ0) is 18.9. The Balaban J connectivity index is 1.50. The van der Waals surface area contributed by atoms with E-state index in [1.54, 1.807) is 6.07 Å². The molecule has 1 fully saturated rings. The van der Waals surface area contributed by atoms with Crippen LogP contribution < -0.4 is 10.9 Å². The Hall–Kier alpha value is -2.95. The average molecular weight is 361 g/mol. The molecule has 1 N–H and O–H groups in total. The summed E-state index contributed by atoms with van der Waals surface area (Å²) >= 11 is 0. The van der Waals surface area contributed by atoms with Crippen LogP contribution in [0.15, 0.2) is 59.4 Å². The molecule has 2 aromatic carbocycles. The zero-order valence-corrected chi connectivity index (χ0v) is 15.4. The summed E-state index contributed by atoms with van der Waals surface area (Å²) in [5.74, 6) is -0.179. The van der Waals surface area contributed by atoms with Crippen LogP contribution in [-0.2, 0) is 16.8 Å². The first kappa shape index (κ1) is 17.5. The molecule has 0 radical (unpaired) electrons. The number of nitrogens with one attached hydrogen (secondary N) is 1. The number of fused-ring (bicyclic) bond motifs is 1. The van der Waals surface area contributed by atoms with Gasteiger partial charge in [0.05, 0.1) is 11.1 Å². The Morgan fingerprint density at radius 2 is 1.74 bits per heavy atom. The lowest BCUT2D eigenvalue weighted by Crippen LogP contribution is -2.46. The van der Waals surface area contributed by atoms with E-state index in [2.05, 4.69) is 22.5 Å². The normalized spacial score (nSPS) is 15.3. The first-order chi connectivity index (χ1) is 13.1. The summed E-state index contributed by atoms with van der Waals surface area (Å²) in [5, 5.41) is 8.77. The molecular weight excluding hydrogens is 338 g/mol. The molecule has 27 heavy (non-hydrogen) atoms. The smallest absolute Gasteiger partial charge is 0.275 e. The maximum Gasteiger partial charge on any atom is 0.275 e. The van der Waals surface area contributed by atoms with Gasteiger partial charge in [-0.3, -0.25) is 9.59 Å². The fourth-order valence-electron chi connectivity index (χ4n) is 3.93. The predicted octanol–water partition coefficient (Wildman–Crippen LogP) is 2.94. The molecule has 0 atom stereocenters. The molecule has 1 aliphatic carbocycles. The first-order valence-electron chi connectivity index (χ1n) is 9.38. The van der Waals surface area contributed by atoms with Crippen LogP contribution in [-0.4, -0.2) is 22.2 Å². The summed E-state index contributed by atoms with van der Waals surface area (Å²) < 4.78 is 1.27. The highest BCUT2D eigenvalue weighted by molar-refractivity contribution is 5.83. The fraction of sp³-hybridized carbons (Fsp3) is 0.318. The van der Waals surface area contributed by atoms with Crippen molar-refractivity contribution in [3.8, 4) is 0 Å². The number of benzene rings is 2. The number of aromatic nitrogens is 2. The van der Waals surface area contributed by atoms with Crippen molar-refractivity contribution in [2.24, 2.45) is 0 Å². The summed E-state index contributed by atoms with van der Waals surface area (Å²) in [4.78, 5) is 25.1. The van der Waals surface area contributed by atoms with Gasteiger partial charge in [0.2, 0.25) is 5.91 Å². The van der Waals surface area contributed by atoms with Gasteiger partial charge in [0.15, 0.2) is 0 Å². The third-order valence-electron chi connectivity index (χ3n) is 5.67. The Labute approximate surface area is 158 Å². The minimum absolute atomic E-state index is 0.0224. The van der Waals surface area contributed by atoms with Gasteiger partial charge in [0.25, 0.3) is 5.56 Å². The molecule has 3 aromatic rings. The SMILES string of the molecule is Cc1nn(CC(=O)NCC2(c3ccccc3)CCC2)c(=O)c2ccccc12. The van der Waals surface area contributed by atoms with Crippen LogP contribution >= 0.6 is 0 Å². The van der Waals surface area contributed by atoms with E-state index in [9.17, 15) is 9.59 Å². The number of nitrogens with zero attached hydrogens (tertiary/aromatic N) is 2. The van der Waals surface area contributed by atoms with Crippen molar-refractivity contribution in [2.75, 3.05) is 6.54 Å². The molecule has 0 saturated heterocycles. The van der Waals surface area contributed by atoms with Crippen LogP contribution in [0.5, 0.6) is 0 Å². The molecule has 0 spiro atoms. The van der Waals surface area contributed by atoms with E-state index in [0.29, 0.717) is 11.9 Å². The molecule has 1 saturated carbocycles. The van der Waals surface area contributed by atoms with Gasteiger partial charge < -0.3 is 5.32 Å². The number of carbonyl (C=O) groups excluding carboxylic acids is 1. The third kappa shape index (κ3) is 3.25. The van der Waals surface area contributed by atoms with Crippen LogP contribution in [0.3, 0.4) is 0 Å². The van der Waals surface area contributed by atoms with Crippen molar-refractivity contribution in [2.45, 2.75) is 38.1 Å².